The van der Waals surface area contributed by atoms with Gasteiger partial charge < -0.3 is 15.7 Å². The minimum Gasteiger partial charge on any atom is -0.465 e. The molecule has 0 aliphatic carbocycles. The number of amides is 2. The van der Waals surface area contributed by atoms with Crippen LogP contribution in [0.25, 0.3) is 0 Å². The lowest BCUT2D eigenvalue weighted by Crippen LogP contribution is -2.43. The Morgan fingerprint density at radius 2 is 1.94 bits per heavy atom. The highest BCUT2D eigenvalue weighted by Crippen LogP contribution is 1.97. The molecular formula is C11H14N2O3. The lowest BCUT2D eigenvalue weighted by atomic mass is 10.2. The van der Waals surface area contributed by atoms with Gasteiger partial charge in [-0.2, -0.15) is 0 Å². The third-order valence-electron chi connectivity index (χ3n) is 2.04. The van der Waals surface area contributed by atoms with Crippen LogP contribution in [0.15, 0.2) is 30.3 Å². The number of benzene rings is 1. The van der Waals surface area contributed by atoms with E-state index < -0.39 is 12.1 Å². The smallest absolute Gasteiger partial charge is 0.405 e. The van der Waals surface area contributed by atoms with E-state index in [0.29, 0.717) is 6.54 Å². The molecule has 5 nitrogen and oxygen atoms in total. The molecule has 1 rings (SSSR count). The van der Waals surface area contributed by atoms with E-state index in [2.05, 4.69) is 10.6 Å². The highest BCUT2D eigenvalue weighted by Gasteiger charge is 2.13. The molecule has 2 amide bonds. The lowest BCUT2D eigenvalue weighted by Gasteiger charge is -2.11. The summed E-state index contributed by atoms with van der Waals surface area (Å²) in [6, 6.07) is 8.66. The molecule has 0 spiro atoms. The van der Waals surface area contributed by atoms with Crippen molar-refractivity contribution < 1.29 is 14.7 Å². The van der Waals surface area contributed by atoms with E-state index in [9.17, 15) is 9.59 Å². The standard InChI is InChI=1S/C11H14N2O3/c1-8(13-11(15)16)10(14)12-7-9-5-3-2-4-6-9/h2-6,8,13H,7H2,1H3,(H,12,14)(H,15,16). The first-order valence-electron chi connectivity index (χ1n) is 4.90. The van der Waals surface area contributed by atoms with E-state index in [1.807, 2.05) is 30.3 Å². The predicted molar refractivity (Wildman–Crippen MR) is 58.9 cm³/mol. The molecule has 1 unspecified atom stereocenters. The van der Waals surface area contributed by atoms with Crippen molar-refractivity contribution in [1.82, 2.24) is 10.6 Å². The maximum absolute atomic E-state index is 11.4. The molecule has 0 fully saturated rings. The number of carboxylic acid groups (broad SMARTS) is 1. The summed E-state index contributed by atoms with van der Waals surface area (Å²) in [5, 5.41) is 13.1. The van der Waals surface area contributed by atoms with Gasteiger partial charge in [-0.1, -0.05) is 30.3 Å². The van der Waals surface area contributed by atoms with E-state index >= 15 is 0 Å². The molecule has 0 bridgehead atoms. The van der Waals surface area contributed by atoms with Crippen molar-refractivity contribution in [3.05, 3.63) is 35.9 Å². The maximum Gasteiger partial charge on any atom is 0.405 e. The Balaban J connectivity index is 2.38. The number of nitrogens with one attached hydrogen (secondary N) is 2. The highest BCUT2D eigenvalue weighted by molar-refractivity contribution is 5.84. The van der Waals surface area contributed by atoms with Crippen LogP contribution < -0.4 is 10.6 Å². The molecule has 0 aliphatic rings. The fourth-order valence-electron chi connectivity index (χ4n) is 1.19. The molecule has 0 saturated carbocycles. The third-order valence-corrected chi connectivity index (χ3v) is 2.04. The minimum absolute atomic E-state index is 0.341. The van der Waals surface area contributed by atoms with Crippen molar-refractivity contribution in [1.29, 1.82) is 0 Å². The van der Waals surface area contributed by atoms with E-state index in [1.165, 1.54) is 6.92 Å². The van der Waals surface area contributed by atoms with Gasteiger partial charge in [0.2, 0.25) is 5.91 Å². The number of carbonyl (C=O) groups excluding carboxylic acids is 1. The van der Waals surface area contributed by atoms with Crippen molar-refractivity contribution in [3.63, 3.8) is 0 Å². The first-order chi connectivity index (χ1) is 7.59. The summed E-state index contributed by atoms with van der Waals surface area (Å²) >= 11 is 0. The largest absolute Gasteiger partial charge is 0.465 e. The molecule has 1 atom stereocenters. The number of rotatable bonds is 4. The van der Waals surface area contributed by atoms with Crippen molar-refractivity contribution >= 4 is 12.0 Å². The SMILES string of the molecule is CC(NC(=O)O)C(=O)NCc1ccccc1. The Morgan fingerprint density at radius 3 is 2.50 bits per heavy atom. The molecule has 0 aromatic heterocycles. The zero-order chi connectivity index (χ0) is 12.0. The van der Waals surface area contributed by atoms with E-state index in [1.54, 1.807) is 0 Å². The van der Waals surface area contributed by atoms with E-state index in [4.69, 9.17) is 5.11 Å². The second-order valence-electron chi connectivity index (χ2n) is 3.37. The van der Waals surface area contributed by atoms with Crippen LogP contribution in [0.1, 0.15) is 12.5 Å². The summed E-state index contributed by atoms with van der Waals surface area (Å²) < 4.78 is 0. The second-order valence-corrected chi connectivity index (χ2v) is 3.37. The third kappa shape index (κ3) is 4.00. The molecule has 0 heterocycles. The number of hydrogen-bond donors (Lipinski definition) is 3. The second kappa shape index (κ2) is 5.75. The van der Waals surface area contributed by atoms with Crippen LogP contribution in [0.5, 0.6) is 0 Å². The quantitative estimate of drug-likeness (QED) is 0.710. The lowest BCUT2D eigenvalue weighted by molar-refractivity contribution is -0.122. The number of carbonyl (C=O) groups is 2. The Bertz CT molecular complexity index is 365. The van der Waals surface area contributed by atoms with Crippen molar-refractivity contribution in [2.75, 3.05) is 0 Å². The molecule has 86 valence electrons. The monoisotopic (exact) mass is 222 g/mol. The zero-order valence-corrected chi connectivity index (χ0v) is 8.93. The Morgan fingerprint density at radius 1 is 1.31 bits per heavy atom. The average Bonchev–Trinajstić information content (AvgIpc) is 2.26. The van der Waals surface area contributed by atoms with E-state index in [0.717, 1.165) is 5.56 Å². The summed E-state index contributed by atoms with van der Waals surface area (Å²) in [7, 11) is 0. The Labute approximate surface area is 93.5 Å². The summed E-state index contributed by atoms with van der Waals surface area (Å²) in [6.45, 7) is 1.89. The Hall–Kier alpha value is -2.04. The minimum atomic E-state index is -1.21. The first kappa shape index (κ1) is 12.0. The molecule has 3 N–H and O–H groups in total. The molecule has 0 aliphatic heterocycles. The topological polar surface area (TPSA) is 78.4 Å². The maximum atomic E-state index is 11.4. The van der Waals surface area contributed by atoms with Gasteiger partial charge >= 0.3 is 6.09 Å². The zero-order valence-electron chi connectivity index (χ0n) is 8.93. The van der Waals surface area contributed by atoms with Gasteiger partial charge in [0.05, 0.1) is 0 Å². The van der Waals surface area contributed by atoms with E-state index in [-0.39, 0.29) is 5.91 Å². The fourth-order valence-corrected chi connectivity index (χ4v) is 1.19. The van der Waals surface area contributed by atoms with Crippen LogP contribution in [0, 0.1) is 0 Å². The molecule has 5 heteroatoms. The molecule has 1 aromatic carbocycles. The molecular weight excluding hydrogens is 208 g/mol. The van der Waals surface area contributed by atoms with Gasteiger partial charge in [0.25, 0.3) is 0 Å². The molecule has 0 saturated heterocycles. The van der Waals surface area contributed by atoms with Crippen LogP contribution in [-0.2, 0) is 11.3 Å². The van der Waals surface area contributed by atoms with Crippen LogP contribution in [0.4, 0.5) is 4.79 Å². The molecule has 0 radical (unpaired) electrons. The van der Waals surface area contributed by atoms with Gasteiger partial charge in [-0.3, -0.25) is 4.79 Å². The average molecular weight is 222 g/mol. The summed E-state index contributed by atoms with van der Waals surface area (Å²) in [5.74, 6) is -0.341. The summed E-state index contributed by atoms with van der Waals surface area (Å²) in [6.07, 6.45) is -1.21. The van der Waals surface area contributed by atoms with Crippen LogP contribution >= 0.6 is 0 Å². The van der Waals surface area contributed by atoms with Gasteiger partial charge in [-0.05, 0) is 12.5 Å². The van der Waals surface area contributed by atoms with Gasteiger partial charge in [0.15, 0.2) is 0 Å². The summed E-state index contributed by atoms with van der Waals surface area (Å²) in [5.41, 5.74) is 0.971. The number of hydrogen-bond acceptors (Lipinski definition) is 2. The van der Waals surface area contributed by atoms with Gasteiger partial charge in [0.1, 0.15) is 6.04 Å². The van der Waals surface area contributed by atoms with Crippen LogP contribution in [0.3, 0.4) is 0 Å². The van der Waals surface area contributed by atoms with Crippen LogP contribution in [0.2, 0.25) is 0 Å². The predicted octanol–water partition coefficient (Wildman–Crippen LogP) is 0.959. The van der Waals surface area contributed by atoms with Gasteiger partial charge in [0, 0.05) is 6.54 Å². The van der Waals surface area contributed by atoms with Crippen LogP contribution in [-0.4, -0.2) is 23.1 Å². The fraction of sp³-hybridized carbons (Fsp3) is 0.273. The summed E-state index contributed by atoms with van der Waals surface area (Å²) in [4.78, 5) is 21.7. The van der Waals surface area contributed by atoms with Crippen molar-refractivity contribution in [2.45, 2.75) is 19.5 Å². The first-order valence-corrected chi connectivity index (χ1v) is 4.90. The Kier molecular flexibility index (Phi) is 4.32. The normalized spacial score (nSPS) is 11.6. The van der Waals surface area contributed by atoms with Gasteiger partial charge in [-0.25, -0.2) is 4.79 Å². The van der Waals surface area contributed by atoms with Crippen molar-refractivity contribution in [2.24, 2.45) is 0 Å². The highest BCUT2D eigenvalue weighted by atomic mass is 16.4. The van der Waals surface area contributed by atoms with Gasteiger partial charge in [-0.15, -0.1) is 0 Å². The molecule has 16 heavy (non-hydrogen) atoms. The molecule has 1 aromatic rings. The van der Waals surface area contributed by atoms with Crippen molar-refractivity contribution in [3.8, 4) is 0 Å².